The molecule has 2 fully saturated rings. The van der Waals surface area contributed by atoms with E-state index in [4.69, 9.17) is 0 Å². The molecule has 0 bridgehead atoms. The summed E-state index contributed by atoms with van der Waals surface area (Å²) < 4.78 is 0. The van der Waals surface area contributed by atoms with Crippen molar-refractivity contribution in [2.24, 2.45) is 11.3 Å². The van der Waals surface area contributed by atoms with Gasteiger partial charge in [0.2, 0.25) is 0 Å². The van der Waals surface area contributed by atoms with Crippen LogP contribution in [0.5, 0.6) is 0 Å². The first-order valence-corrected chi connectivity index (χ1v) is 9.37. The molecule has 19 heavy (non-hydrogen) atoms. The van der Waals surface area contributed by atoms with E-state index in [1.54, 1.807) is 32.1 Å². The topological polar surface area (TPSA) is 0 Å². The van der Waals surface area contributed by atoms with Crippen LogP contribution in [0.2, 0.25) is 0 Å². The summed E-state index contributed by atoms with van der Waals surface area (Å²) in [6.07, 6.45) is 24.4. The molecular weight excluding hydrogens is 228 g/mol. The minimum Gasteiger partial charge on any atom is -0.0654 e. The maximum absolute atomic E-state index is 2.35. The Balaban J connectivity index is 2.01. The highest BCUT2D eigenvalue weighted by atomic mass is 14.4. The van der Waals surface area contributed by atoms with Crippen molar-refractivity contribution < 1.29 is 0 Å². The molecule has 0 N–H and O–H groups in total. The molecule has 2 aliphatic rings. The van der Waals surface area contributed by atoms with Gasteiger partial charge in [-0.05, 0) is 43.4 Å². The van der Waals surface area contributed by atoms with Crippen LogP contribution < -0.4 is 0 Å². The summed E-state index contributed by atoms with van der Waals surface area (Å²) in [6, 6.07) is 0. The SMILES string of the molecule is CCCCCC1(C2CCCCCC2)CCCCCC1. The lowest BCUT2D eigenvalue weighted by atomic mass is 9.64. The zero-order chi connectivity index (χ0) is 13.4. The second-order valence-electron chi connectivity index (χ2n) is 7.42. The predicted molar refractivity (Wildman–Crippen MR) is 85.5 cm³/mol. The first kappa shape index (κ1) is 15.4. The fraction of sp³-hybridized carbons (Fsp3) is 1.00. The van der Waals surface area contributed by atoms with Crippen LogP contribution in [-0.4, -0.2) is 0 Å². The fourth-order valence-electron chi connectivity index (χ4n) is 4.91. The lowest BCUT2D eigenvalue weighted by Gasteiger charge is -2.41. The van der Waals surface area contributed by atoms with Crippen molar-refractivity contribution in [3.63, 3.8) is 0 Å². The number of hydrogen-bond donors (Lipinski definition) is 0. The predicted octanol–water partition coefficient (Wildman–Crippen LogP) is 6.88. The summed E-state index contributed by atoms with van der Waals surface area (Å²) in [5, 5.41) is 0. The summed E-state index contributed by atoms with van der Waals surface area (Å²) in [5.74, 6) is 1.09. The molecule has 0 radical (unpaired) electrons. The largest absolute Gasteiger partial charge is 0.0654 e. The van der Waals surface area contributed by atoms with Gasteiger partial charge in [0.05, 0.1) is 0 Å². The van der Waals surface area contributed by atoms with E-state index in [-0.39, 0.29) is 0 Å². The molecular formula is C19H36. The van der Waals surface area contributed by atoms with Crippen LogP contribution in [0.15, 0.2) is 0 Å². The van der Waals surface area contributed by atoms with E-state index < -0.39 is 0 Å². The van der Waals surface area contributed by atoms with Gasteiger partial charge in [0.15, 0.2) is 0 Å². The maximum atomic E-state index is 2.35. The Labute approximate surface area is 121 Å². The van der Waals surface area contributed by atoms with Gasteiger partial charge in [-0.15, -0.1) is 0 Å². The second-order valence-corrected chi connectivity index (χ2v) is 7.42. The summed E-state index contributed by atoms with van der Waals surface area (Å²) in [4.78, 5) is 0. The van der Waals surface area contributed by atoms with Crippen molar-refractivity contribution in [1.82, 2.24) is 0 Å². The average Bonchev–Trinajstić information content (AvgIpc) is 2.82. The highest BCUT2D eigenvalue weighted by Crippen LogP contribution is 2.50. The Morgan fingerprint density at radius 2 is 1.32 bits per heavy atom. The van der Waals surface area contributed by atoms with Gasteiger partial charge in [-0.25, -0.2) is 0 Å². The lowest BCUT2D eigenvalue weighted by Crippen LogP contribution is -2.30. The molecule has 0 saturated heterocycles. The van der Waals surface area contributed by atoms with Crippen molar-refractivity contribution >= 4 is 0 Å². The van der Waals surface area contributed by atoms with E-state index in [9.17, 15) is 0 Å². The van der Waals surface area contributed by atoms with Crippen molar-refractivity contribution in [3.8, 4) is 0 Å². The molecule has 0 spiro atoms. The van der Waals surface area contributed by atoms with Crippen LogP contribution in [0.4, 0.5) is 0 Å². The van der Waals surface area contributed by atoms with Crippen LogP contribution >= 0.6 is 0 Å². The van der Waals surface area contributed by atoms with Gasteiger partial charge in [-0.1, -0.05) is 77.6 Å². The van der Waals surface area contributed by atoms with Crippen LogP contribution in [0.1, 0.15) is 110 Å². The molecule has 0 atom stereocenters. The van der Waals surface area contributed by atoms with E-state index in [2.05, 4.69) is 6.92 Å². The first-order chi connectivity index (χ1) is 9.37. The zero-order valence-electron chi connectivity index (χ0n) is 13.4. The van der Waals surface area contributed by atoms with Crippen LogP contribution in [0.25, 0.3) is 0 Å². The highest BCUT2D eigenvalue weighted by molar-refractivity contribution is 4.89. The van der Waals surface area contributed by atoms with E-state index in [1.165, 1.54) is 70.6 Å². The standard InChI is InChI=1S/C19H36/c1-2-3-10-15-19(16-11-6-7-12-17-19)18-13-8-4-5-9-14-18/h18H,2-17H2,1H3. The van der Waals surface area contributed by atoms with Gasteiger partial charge >= 0.3 is 0 Å². The minimum absolute atomic E-state index is 0.774. The van der Waals surface area contributed by atoms with E-state index >= 15 is 0 Å². The first-order valence-electron chi connectivity index (χ1n) is 9.37. The zero-order valence-corrected chi connectivity index (χ0v) is 13.4. The Hall–Kier alpha value is 0. The van der Waals surface area contributed by atoms with Crippen molar-refractivity contribution in [3.05, 3.63) is 0 Å². The number of rotatable bonds is 5. The molecule has 2 aliphatic carbocycles. The normalized spacial score (nSPS) is 25.7. The molecule has 0 aromatic rings. The third kappa shape index (κ3) is 4.50. The van der Waals surface area contributed by atoms with Crippen molar-refractivity contribution in [1.29, 1.82) is 0 Å². The van der Waals surface area contributed by atoms with Gasteiger partial charge < -0.3 is 0 Å². The molecule has 112 valence electrons. The molecule has 0 aliphatic heterocycles. The monoisotopic (exact) mass is 264 g/mol. The molecule has 0 aromatic carbocycles. The van der Waals surface area contributed by atoms with Gasteiger partial charge in [0.25, 0.3) is 0 Å². The molecule has 2 saturated carbocycles. The molecule has 0 heterocycles. The van der Waals surface area contributed by atoms with Crippen LogP contribution in [0, 0.1) is 11.3 Å². The van der Waals surface area contributed by atoms with Gasteiger partial charge in [0, 0.05) is 0 Å². The third-order valence-corrected chi connectivity index (χ3v) is 6.10. The van der Waals surface area contributed by atoms with E-state index in [0.717, 1.165) is 11.3 Å². The molecule has 2 rings (SSSR count). The number of hydrogen-bond acceptors (Lipinski definition) is 0. The Morgan fingerprint density at radius 3 is 1.89 bits per heavy atom. The van der Waals surface area contributed by atoms with Crippen molar-refractivity contribution in [2.75, 3.05) is 0 Å². The third-order valence-electron chi connectivity index (χ3n) is 6.10. The molecule has 0 heteroatoms. The maximum Gasteiger partial charge on any atom is -0.0269 e. The Kier molecular flexibility index (Phi) is 6.74. The van der Waals surface area contributed by atoms with E-state index in [1.807, 2.05) is 0 Å². The van der Waals surface area contributed by atoms with Crippen LogP contribution in [0.3, 0.4) is 0 Å². The average molecular weight is 264 g/mol. The van der Waals surface area contributed by atoms with Crippen molar-refractivity contribution in [2.45, 2.75) is 110 Å². The smallest absolute Gasteiger partial charge is 0.0269 e. The lowest BCUT2D eigenvalue weighted by molar-refractivity contribution is 0.0981. The molecule has 0 nitrogen and oxygen atoms in total. The summed E-state index contributed by atoms with van der Waals surface area (Å²) >= 11 is 0. The quantitative estimate of drug-likeness (QED) is 0.375. The van der Waals surface area contributed by atoms with E-state index in [0.29, 0.717) is 0 Å². The highest BCUT2D eigenvalue weighted by Gasteiger charge is 2.37. The second kappa shape index (κ2) is 8.32. The summed E-state index contributed by atoms with van der Waals surface area (Å²) in [5.41, 5.74) is 0.774. The van der Waals surface area contributed by atoms with Gasteiger partial charge in [-0.2, -0.15) is 0 Å². The Morgan fingerprint density at radius 1 is 0.737 bits per heavy atom. The summed E-state index contributed by atoms with van der Waals surface area (Å²) in [6.45, 7) is 2.35. The van der Waals surface area contributed by atoms with Gasteiger partial charge in [0.1, 0.15) is 0 Å². The Bertz CT molecular complexity index is 214. The molecule has 0 unspecified atom stereocenters. The summed E-state index contributed by atoms with van der Waals surface area (Å²) in [7, 11) is 0. The van der Waals surface area contributed by atoms with Crippen LogP contribution in [-0.2, 0) is 0 Å². The van der Waals surface area contributed by atoms with Gasteiger partial charge in [-0.3, -0.25) is 0 Å². The minimum atomic E-state index is 0.774. The molecule has 0 aromatic heterocycles. The molecule has 0 amide bonds. The number of unbranched alkanes of at least 4 members (excludes halogenated alkanes) is 2. The fourth-order valence-corrected chi connectivity index (χ4v) is 4.91.